The minimum absolute atomic E-state index is 0.0465. The van der Waals surface area contributed by atoms with E-state index in [0.717, 1.165) is 17.2 Å². The molecule has 27 heavy (non-hydrogen) atoms. The zero-order chi connectivity index (χ0) is 20.0. The van der Waals surface area contributed by atoms with Crippen molar-refractivity contribution < 1.29 is 18.1 Å². The van der Waals surface area contributed by atoms with E-state index < -0.39 is 21.0 Å². The van der Waals surface area contributed by atoms with E-state index in [2.05, 4.69) is 15.4 Å². The molecule has 9 nitrogen and oxygen atoms in total. The predicted octanol–water partition coefficient (Wildman–Crippen LogP) is 2.31. The maximum absolute atomic E-state index is 12.2. The Morgan fingerprint density at radius 3 is 2.33 bits per heavy atom. The van der Waals surface area contributed by atoms with E-state index >= 15 is 0 Å². The summed E-state index contributed by atoms with van der Waals surface area (Å²) in [6.45, 7) is 3.72. The van der Waals surface area contributed by atoms with Crippen molar-refractivity contribution in [1.29, 1.82) is 0 Å². The van der Waals surface area contributed by atoms with Gasteiger partial charge in [0.05, 0.1) is 9.82 Å². The van der Waals surface area contributed by atoms with Crippen LogP contribution in [0.4, 0.5) is 16.2 Å². The predicted molar refractivity (Wildman–Crippen MR) is 101 cm³/mol. The zero-order valence-corrected chi connectivity index (χ0v) is 15.7. The van der Waals surface area contributed by atoms with Crippen LogP contribution in [0.15, 0.2) is 47.4 Å². The first kappa shape index (κ1) is 20.3. The van der Waals surface area contributed by atoms with Gasteiger partial charge in [0.2, 0.25) is 10.0 Å². The van der Waals surface area contributed by atoms with Crippen molar-refractivity contribution in [1.82, 2.24) is 10.0 Å². The molecule has 0 atom stereocenters. The number of non-ortho nitro benzene ring substituents is 1. The van der Waals surface area contributed by atoms with E-state index in [4.69, 9.17) is 0 Å². The average molecular weight is 392 g/mol. The van der Waals surface area contributed by atoms with Crippen molar-refractivity contribution in [2.75, 3.05) is 18.4 Å². The van der Waals surface area contributed by atoms with Crippen LogP contribution in [0.2, 0.25) is 0 Å². The molecule has 0 aliphatic rings. The van der Waals surface area contributed by atoms with Gasteiger partial charge in [-0.25, -0.2) is 17.9 Å². The Bertz CT molecular complexity index is 939. The topological polar surface area (TPSA) is 130 Å². The van der Waals surface area contributed by atoms with E-state index in [0.29, 0.717) is 5.69 Å². The minimum atomic E-state index is -3.91. The van der Waals surface area contributed by atoms with Gasteiger partial charge in [-0.1, -0.05) is 24.3 Å². The summed E-state index contributed by atoms with van der Waals surface area (Å²) in [5, 5.41) is 16.0. The first-order valence-corrected chi connectivity index (χ1v) is 9.54. The molecule has 2 aromatic rings. The molecule has 2 amide bonds. The number of hydrogen-bond acceptors (Lipinski definition) is 5. The number of nitrogens with one attached hydrogen (secondary N) is 3. The number of carbonyl (C=O) groups excluding carboxylic acids is 1. The fourth-order valence-electron chi connectivity index (χ4n) is 2.38. The molecule has 2 aromatic carbocycles. The fraction of sp³-hybridized carbons (Fsp3) is 0.235. The SMILES string of the molecule is Cc1cccc(C)c1NC(=O)NCCNS(=O)(=O)c1cccc([N+](=O)[O-])c1. The Labute approximate surface area is 157 Å². The molecule has 0 unspecified atom stereocenters. The Morgan fingerprint density at radius 1 is 1.07 bits per heavy atom. The molecule has 3 N–H and O–H groups in total. The van der Waals surface area contributed by atoms with Crippen LogP contribution in [0.1, 0.15) is 11.1 Å². The number of nitrogens with zero attached hydrogens (tertiary/aromatic N) is 1. The van der Waals surface area contributed by atoms with Crippen LogP contribution in [0.3, 0.4) is 0 Å². The van der Waals surface area contributed by atoms with Crippen LogP contribution in [0.25, 0.3) is 0 Å². The van der Waals surface area contributed by atoms with Crippen LogP contribution in [0, 0.1) is 24.0 Å². The molecule has 0 bridgehead atoms. The zero-order valence-electron chi connectivity index (χ0n) is 14.9. The summed E-state index contributed by atoms with van der Waals surface area (Å²) >= 11 is 0. The second kappa shape index (κ2) is 8.60. The third-order valence-electron chi connectivity index (χ3n) is 3.76. The fourth-order valence-corrected chi connectivity index (χ4v) is 3.45. The van der Waals surface area contributed by atoms with Gasteiger partial charge in [0.15, 0.2) is 0 Å². The number of benzene rings is 2. The van der Waals surface area contributed by atoms with Gasteiger partial charge in [-0.15, -0.1) is 0 Å². The van der Waals surface area contributed by atoms with Crippen LogP contribution < -0.4 is 15.4 Å². The van der Waals surface area contributed by atoms with Crippen molar-refractivity contribution in [3.05, 3.63) is 63.7 Å². The van der Waals surface area contributed by atoms with Crippen LogP contribution >= 0.6 is 0 Å². The number of nitro benzene ring substituents is 1. The van der Waals surface area contributed by atoms with Crippen molar-refractivity contribution in [3.63, 3.8) is 0 Å². The van der Waals surface area contributed by atoms with E-state index in [1.165, 1.54) is 18.2 Å². The largest absolute Gasteiger partial charge is 0.337 e. The van der Waals surface area contributed by atoms with Crippen molar-refractivity contribution in [2.45, 2.75) is 18.7 Å². The van der Waals surface area contributed by atoms with Gasteiger partial charge in [0, 0.05) is 30.9 Å². The van der Waals surface area contributed by atoms with Gasteiger partial charge >= 0.3 is 6.03 Å². The Morgan fingerprint density at radius 2 is 1.70 bits per heavy atom. The van der Waals surface area contributed by atoms with Crippen LogP contribution in [-0.2, 0) is 10.0 Å². The first-order valence-electron chi connectivity index (χ1n) is 8.06. The molecule has 0 fully saturated rings. The Balaban J connectivity index is 1.88. The summed E-state index contributed by atoms with van der Waals surface area (Å²) in [4.78, 5) is 21.8. The third kappa shape index (κ3) is 5.50. The van der Waals surface area contributed by atoms with Crippen LogP contribution in [0.5, 0.6) is 0 Å². The number of carbonyl (C=O) groups is 1. The number of nitro groups is 1. The highest BCUT2D eigenvalue weighted by Crippen LogP contribution is 2.19. The summed E-state index contributed by atoms with van der Waals surface area (Å²) in [6.07, 6.45) is 0. The number of rotatable bonds is 7. The lowest BCUT2D eigenvalue weighted by molar-refractivity contribution is -0.385. The van der Waals surface area contributed by atoms with E-state index in [1.807, 2.05) is 32.0 Å². The van der Waals surface area contributed by atoms with Crippen molar-refractivity contribution >= 4 is 27.4 Å². The number of hydrogen-bond donors (Lipinski definition) is 3. The lowest BCUT2D eigenvalue weighted by atomic mass is 10.1. The standard InChI is InChI=1S/C17H20N4O5S/c1-12-5-3-6-13(2)16(12)20-17(22)18-9-10-19-27(25,26)15-8-4-7-14(11-15)21(23)24/h3-8,11,19H,9-10H2,1-2H3,(H2,18,20,22). The third-order valence-corrected chi connectivity index (χ3v) is 5.22. The average Bonchev–Trinajstić information content (AvgIpc) is 2.62. The number of urea groups is 1. The highest BCUT2D eigenvalue weighted by molar-refractivity contribution is 7.89. The number of amides is 2. The maximum atomic E-state index is 12.2. The normalized spacial score (nSPS) is 11.0. The first-order chi connectivity index (χ1) is 12.7. The molecule has 144 valence electrons. The summed E-state index contributed by atoms with van der Waals surface area (Å²) in [6, 6.07) is 9.91. The van der Waals surface area contributed by atoms with E-state index in [1.54, 1.807) is 0 Å². The number of para-hydroxylation sites is 1. The highest BCUT2D eigenvalue weighted by atomic mass is 32.2. The quantitative estimate of drug-likeness (QED) is 0.378. The van der Waals surface area contributed by atoms with Gasteiger partial charge < -0.3 is 10.6 Å². The molecule has 0 radical (unpaired) electrons. The van der Waals surface area contributed by atoms with Gasteiger partial charge in [0.25, 0.3) is 5.69 Å². The molecule has 0 spiro atoms. The Kier molecular flexibility index (Phi) is 6.48. The summed E-state index contributed by atoms with van der Waals surface area (Å²) in [5.74, 6) is 0. The summed E-state index contributed by atoms with van der Waals surface area (Å²) in [7, 11) is -3.91. The highest BCUT2D eigenvalue weighted by Gasteiger charge is 2.17. The van der Waals surface area contributed by atoms with Gasteiger partial charge in [-0.05, 0) is 31.0 Å². The summed E-state index contributed by atoms with van der Waals surface area (Å²) in [5.41, 5.74) is 2.21. The molecule has 0 aliphatic heterocycles. The van der Waals surface area contributed by atoms with Gasteiger partial charge in [-0.2, -0.15) is 0 Å². The molecule has 0 saturated heterocycles. The molecule has 0 saturated carbocycles. The molecule has 0 aliphatic carbocycles. The molecule has 2 rings (SSSR count). The lowest BCUT2D eigenvalue weighted by Crippen LogP contribution is -2.37. The number of sulfonamides is 1. The van der Waals surface area contributed by atoms with Gasteiger partial charge in [0.1, 0.15) is 0 Å². The van der Waals surface area contributed by atoms with Crippen molar-refractivity contribution in [3.8, 4) is 0 Å². The lowest BCUT2D eigenvalue weighted by Gasteiger charge is -2.12. The van der Waals surface area contributed by atoms with E-state index in [-0.39, 0.29) is 23.7 Å². The molecule has 0 heterocycles. The molecular formula is C17H20N4O5S. The maximum Gasteiger partial charge on any atom is 0.319 e. The van der Waals surface area contributed by atoms with E-state index in [9.17, 15) is 23.3 Å². The van der Waals surface area contributed by atoms with Crippen LogP contribution in [-0.4, -0.2) is 32.5 Å². The van der Waals surface area contributed by atoms with Crippen molar-refractivity contribution in [2.24, 2.45) is 0 Å². The number of anilines is 1. The molecular weight excluding hydrogens is 372 g/mol. The molecule has 10 heteroatoms. The summed E-state index contributed by atoms with van der Waals surface area (Å²) < 4.78 is 26.6. The monoisotopic (exact) mass is 392 g/mol. The number of aryl methyl sites for hydroxylation is 2. The smallest absolute Gasteiger partial charge is 0.319 e. The minimum Gasteiger partial charge on any atom is -0.337 e. The Hall–Kier alpha value is -2.98. The van der Waals surface area contributed by atoms with Gasteiger partial charge in [-0.3, -0.25) is 10.1 Å². The second-order valence-electron chi connectivity index (χ2n) is 5.80. The second-order valence-corrected chi connectivity index (χ2v) is 7.57. The molecule has 0 aromatic heterocycles.